The topological polar surface area (TPSA) is 29.1 Å². The van der Waals surface area contributed by atoms with Crippen LogP contribution in [0.25, 0.3) is 0 Å². The van der Waals surface area contributed by atoms with Crippen molar-refractivity contribution < 1.29 is 9.18 Å². The summed E-state index contributed by atoms with van der Waals surface area (Å²) in [6.45, 7) is 3.52. The molecule has 1 aromatic rings. The molecule has 17 heavy (non-hydrogen) atoms. The molecule has 0 saturated carbocycles. The number of hydrogen-bond acceptors (Lipinski definition) is 2. The van der Waals surface area contributed by atoms with E-state index >= 15 is 0 Å². The maximum atomic E-state index is 13.6. The zero-order chi connectivity index (χ0) is 11.5. The van der Waals surface area contributed by atoms with Gasteiger partial charge in [0, 0.05) is 5.92 Å². The van der Waals surface area contributed by atoms with E-state index in [1.54, 1.807) is 12.1 Å². The van der Waals surface area contributed by atoms with E-state index < -0.39 is 0 Å². The Balaban J connectivity index is 0.00000144. The fraction of sp³-hybridized carbons (Fsp3) is 0.462. The van der Waals surface area contributed by atoms with Crippen molar-refractivity contribution in [1.29, 1.82) is 0 Å². The first-order valence-electron chi connectivity index (χ1n) is 5.69. The summed E-state index contributed by atoms with van der Waals surface area (Å²) < 4.78 is 13.6. The molecule has 2 nitrogen and oxygen atoms in total. The number of nitrogens with one attached hydrogen (secondary N) is 1. The molecule has 1 saturated heterocycles. The van der Waals surface area contributed by atoms with Crippen molar-refractivity contribution in [3.63, 3.8) is 0 Å². The summed E-state index contributed by atoms with van der Waals surface area (Å²) in [7, 11) is 0. The molecule has 0 unspecified atom stereocenters. The molecule has 1 heterocycles. The van der Waals surface area contributed by atoms with Gasteiger partial charge in [0.25, 0.3) is 0 Å². The molecule has 1 N–H and O–H groups in total. The molecule has 0 amide bonds. The standard InChI is InChI=1S/C13H16FNO.ClH/c1-9-2-3-11(12(14)8-9)13(16)10-4-6-15-7-5-10;/h2-3,8,10,15H,4-7H2,1H3;1H. The highest BCUT2D eigenvalue weighted by Gasteiger charge is 2.24. The molecule has 4 heteroatoms. The first kappa shape index (κ1) is 14.1. The molecule has 94 valence electrons. The minimum atomic E-state index is -0.386. The van der Waals surface area contributed by atoms with Crippen LogP contribution in [0.1, 0.15) is 28.8 Å². The van der Waals surface area contributed by atoms with Crippen LogP contribution in [-0.2, 0) is 0 Å². The van der Waals surface area contributed by atoms with Gasteiger partial charge in [-0.05, 0) is 50.6 Å². The Hall–Kier alpha value is -0.930. The van der Waals surface area contributed by atoms with Gasteiger partial charge in [0.15, 0.2) is 5.78 Å². The first-order valence-corrected chi connectivity index (χ1v) is 5.69. The third-order valence-electron chi connectivity index (χ3n) is 3.10. The lowest BCUT2D eigenvalue weighted by molar-refractivity contribution is 0.0891. The second kappa shape index (κ2) is 6.12. The number of carbonyl (C=O) groups excluding carboxylic acids is 1. The van der Waals surface area contributed by atoms with Gasteiger partial charge in [0.1, 0.15) is 5.82 Å². The number of benzene rings is 1. The lowest BCUT2D eigenvalue weighted by Gasteiger charge is -2.21. The number of hydrogen-bond donors (Lipinski definition) is 1. The number of piperidine rings is 1. The molecule has 0 bridgehead atoms. The molecule has 0 aromatic heterocycles. The molecule has 0 spiro atoms. The van der Waals surface area contributed by atoms with Crippen LogP contribution < -0.4 is 5.32 Å². The van der Waals surface area contributed by atoms with Crippen LogP contribution in [-0.4, -0.2) is 18.9 Å². The predicted octanol–water partition coefficient (Wildman–Crippen LogP) is 2.74. The minimum absolute atomic E-state index is 0. The Morgan fingerprint density at radius 2 is 2.00 bits per heavy atom. The molecule has 1 aromatic carbocycles. The summed E-state index contributed by atoms with van der Waals surface area (Å²) in [6, 6.07) is 4.82. The summed E-state index contributed by atoms with van der Waals surface area (Å²) in [4.78, 5) is 12.1. The van der Waals surface area contributed by atoms with Gasteiger partial charge in [-0.3, -0.25) is 4.79 Å². The van der Waals surface area contributed by atoms with E-state index in [-0.39, 0.29) is 35.5 Å². The average Bonchev–Trinajstić information content (AvgIpc) is 2.29. The second-order valence-electron chi connectivity index (χ2n) is 4.37. The van der Waals surface area contributed by atoms with Gasteiger partial charge in [-0.25, -0.2) is 4.39 Å². The zero-order valence-electron chi connectivity index (χ0n) is 9.83. The summed E-state index contributed by atoms with van der Waals surface area (Å²) >= 11 is 0. The average molecular weight is 258 g/mol. The van der Waals surface area contributed by atoms with Crippen molar-refractivity contribution >= 4 is 18.2 Å². The highest BCUT2D eigenvalue weighted by atomic mass is 35.5. The number of ketones is 1. The molecular weight excluding hydrogens is 241 g/mol. The fourth-order valence-corrected chi connectivity index (χ4v) is 2.12. The van der Waals surface area contributed by atoms with Gasteiger partial charge in [0.2, 0.25) is 0 Å². The third-order valence-corrected chi connectivity index (χ3v) is 3.10. The maximum Gasteiger partial charge on any atom is 0.168 e. The number of rotatable bonds is 2. The molecule has 1 aliphatic rings. The van der Waals surface area contributed by atoms with E-state index in [2.05, 4.69) is 5.32 Å². The number of Topliss-reactive ketones (excluding diaryl/α,β-unsaturated/α-hetero) is 1. The van der Waals surface area contributed by atoms with Crippen LogP contribution in [0, 0.1) is 18.7 Å². The second-order valence-corrected chi connectivity index (χ2v) is 4.37. The van der Waals surface area contributed by atoms with Crippen molar-refractivity contribution in [3.05, 3.63) is 35.1 Å². The zero-order valence-corrected chi connectivity index (χ0v) is 10.6. The highest BCUT2D eigenvalue weighted by Crippen LogP contribution is 2.20. The van der Waals surface area contributed by atoms with Crippen LogP contribution in [0.4, 0.5) is 4.39 Å². The molecule has 0 atom stereocenters. The Kier molecular flexibility index (Phi) is 5.09. The van der Waals surface area contributed by atoms with Crippen LogP contribution in [0.3, 0.4) is 0 Å². The monoisotopic (exact) mass is 257 g/mol. The highest BCUT2D eigenvalue weighted by molar-refractivity contribution is 5.98. The largest absolute Gasteiger partial charge is 0.317 e. The number of halogens is 2. The molecule has 0 radical (unpaired) electrons. The molecule has 1 fully saturated rings. The third kappa shape index (κ3) is 3.27. The Bertz CT molecular complexity index is 402. The van der Waals surface area contributed by atoms with Crippen molar-refractivity contribution in [1.82, 2.24) is 5.32 Å². The van der Waals surface area contributed by atoms with E-state index in [9.17, 15) is 9.18 Å². The van der Waals surface area contributed by atoms with Gasteiger partial charge in [-0.15, -0.1) is 12.4 Å². The van der Waals surface area contributed by atoms with Gasteiger partial charge >= 0.3 is 0 Å². The summed E-state index contributed by atoms with van der Waals surface area (Å²) in [6.07, 6.45) is 1.62. The van der Waals surface area contributed by atoms with Gasteiger partial charge in [0.05, 0.1) is 5.56 Å². The predicted molar refractivity (Wildman–Crippen MR) is 68.3 cm³/mol. The van der Waals surface area contributed by atoms with E-state index in [1.165, 1.54) is 6.07 Å². The molecule has 1 aliphatic heterocycles. The lowest BCUT2D eigenvalue weighted by atomic mass is 9.89. The van der Waals surface area contributed by atoms with Crippen LogP contribution in [0.5, 0.6) is 0 Å². The molecule has 2 rings (SSSR count). The van der Waals surface area contributed by atoms with E-state index in [4.69, 9.17) is 0 Å². The van der Waals surface area contributed by atoms with E-state index in [1.807, 2.05) is 6.92 Å². The van der Waals surface area contributed by atoms with Crippen molar-refractivity contribution in [2.75, 3.05) is 13.1 Å². The van der Waals surface area contributed by atoms with Gasteiger partial charge < -0.3 is 5.32 Å². The Labute approximate surface area is 107 Å². The Morgan fingerprint density at radius 1 is 1.35 bits per heavy atom. The normalized spacial score (nSPS) is 16.4. The smallest absolute Gasteiger partial charge is 0.168 e. The van der Waals surface area contributed by atoms with E-state index in [0.29, 0.717) is 0 Å². The van der Waals surface area contributed by atoms with Gasteiger partial charge in [-0.2, -0.15) is 0 Å². The number of carbonyl (C=O) groups is 1. The van der Waals surface area contributed by atoms with Crippen molar-refractivity contribution in [2.24, 2.45) is 5.92 Å². The minimum Gasteiger partial charge on any atom is -0.317 e. The Morgan fingerprint density at radius 3 is 2.59 bits per heavy atom. The van der Waals surface area contributed by atoms with E-state index in [0.717, 1.165) is 31.5 Å². The fourth-order valence-electron chi connectivity index (χ4n) is 2.12. The SMILES string of the molecule is Cc1ccc(C(=O)C2CCNCC2)c(F)c1.Cl. The van der Waals surface area contributed by atoms with Crippen molar-refractivity contribution in [3.8, 4) is 0 Å². The quantitative estimate of drug-likeness (QED) is 0.826. The van der Waals surface area contributed by atoms with Crippen molar-refractivity contribution in [2.45, 2.75) is 19.8 Å². The summed E-state index contributed by atoms with van der Waals surface area (Å²) in [5.41, 5.74) is 1.09. The van der Waals surface area contributed by atoms with Crippen LogP contribution in [0.15, 0.2) is 18.2 Å². The lowest BCUT2D eigenvalue weighted by Crippen LogP contribution is -2.32. The summed E-state index contributed by atoms with van der Waals surface area (Å²) in [5.74, 6) is -0.444. The number of aryl methyl sites for hydroxylation is 1. The molecular formula is C13H17ClFNO. The first-order chi connectivity index (χ1) is 7.68. The van der Waals surface area contributed by atoms with Crippen LogP contribution in [0.2, 0.25) is 0 Å². The van der Waals surface area contributed by atoms with Gasteiger partial charge in [-0.1, -0.05) is 6.07 Å². The molecule has 0 aliphatic carbocycles. The van der Waals surface area contributed by atoms with Crippen LogP contribution >= 0.6 is 12.4 Å². The summed E-state index contributed by atoms with van der Waals surface area (Å²) in [5, 5.41) is 3.20. The maximum absolute atomic E-state index is 13.6.